The van der Waals surface area contributed by atoms with Gasteiger partial charge in [0.1, 0.15) is 19.3 Å². The molecule has 0 amide bonds. The summed E-state index contributed by atoms with van der Waals surface area (Å²) in [5.74, 6) is -2.28. The molecular formula is C87H144O17P2. The molecule has 5 atom stereocenters. The molecule has 0 saturated carbocycles. The Morgan fingerprint density at radius 2 is 0.500 bits per heavy atom. The van der Waals surface area contributed by atoms with Crippen LogP contribution in [0.4, 0.5) is 0 Å². The molecule has 3 N–H and O–H groups in total. The van der Waals surface area contributed by atoms with Gasteiger partial charge in [0, 0.05) is 25.7 Å². The highest BCUT2D eigenvalue weighted by atomic mass is 31.2. The van der Waals surface area contributed by atoms with Crippen LogP contribution in [0.25, 0.3) is 0 Å². The molecule has 17 nitrogen and oxygen atoms in total. The van der Waals surface area contributed by atoms with Crippen molar-refractivity contribution in [2.24, 2.45) is 0 Å². The molecule has 19 heteroatoms. The number of rotatable bonds is 75. The van der Waals surface area contributed by atoms with Crippen molar-refractivity contribution in [2.75, 3.05) is 39.6 Å². The average Bonchev–Trinajstić information content (AvgIpc) is 0.899. The third-order valence-corrected chi connectivity index (χ3v) is 18.4. The maximum Gasteiger partial charge on any atom is 0.472 e. The van der Waals surface area contributed by atoms with Gasteiger partial charge in [-0.05, 0) is 161 Å². The van der Waals surface area contributed by atoms with E-state index in [1.165, 1.54) is 25.7 Å². The van der Waals surface area contributed by atoms with Crippen LogP contribution in [0.1, 0.15) is 310 Å². The van der Waals surface area contributed by atoms with Gasteiger partial charge in [-0.15, -0.1) is 0 Å². The number of phosphoric ester groups is 2. The molecule has 0 aromatic heterocycles. The second-order valence-electron chi connectivity index (χ2n) is 26.6. The predicted octanol–water partition coefficient (Wildman–Crippen LogP) is 24.0. The van der Waals surface area contributed by atoms with Gasteiger partial charge in [-0.3, -0.25) is 37.3 Å². The fourth-order valence-electron chi connectivity index (χ4n) is 10.4. The van der Waals surface area contributed by atoms with Crippen molar-refractivity contribution in [1.29, 1.82) is 0 Å². The molecule has 0 saturated heterocycles. The van der Waals surface area contributed by atoms with E-state index in [9.17, 15) is 43.2 Å². The molecule has 0 fully saturated rings. The number of hydrogen-bond acceptors (Lipinski definition) is 15. The SMILES string of the molecule is CC/C=C\C/C=C\C/C=C\C/C=C\C/C=C\CCCC(=O)OC(COC(=O)CCCCCCCC/C=C\C/C=C\C/C=C\C/C=C\CC)COP(=O)(O)OCC(O)COP(=O)(O)OCC(COC(=O)CCCCCCCCC/C=C\C/C=C\C/C=C\CC)OC(=O)CCCCCCC/C=C\CCCCCC. The van der Waals surface area contributed by atoms with Crippen LogP contribution in [0.2, 0.25) is 0 Å². The van der Waals surface area contributed by atoms with Crippen LogP contribution in [0.3, 0.4) is 0 Å². The molecule has 106 heavy (non-hydrogen) atoms. The number of aliphatic hydroxyl groups is 1. The Morgan fingerprint density at radius 1 is 0.274 bits per heavy atom. The van der Waals surface area contributed by atoms with Crippen molar-refractivity contribution < 1.29 is 80.2 Å². The molecule has 0 aliphatic carbocycles. The minimum absolute atomic E-state index is 0.00813. The summed E-state index contributed by atoms with van der Waals surface area (Å²) in [7, 11) is -10.00. The first-order chi connectivity index (χ1) is 51.7. The van der Waals surface area contributed by atoms with E-state index in [-0.39, 0.29) is 25.7 Å². The van der Waals surface area contributed by atoms with E-state index < -0.39 is 97.5 Å². The van der Waals surface area contributed by atoms with Crippen LogP contribution in [0.15, 0.2) is 158 Å². The number of ether oxygens (including phenoxy) is 4. The first-order valence-corrected chi connectivity index (χ1v) is 43.7. The summed E-state index contributed by atoms with van der Waals surface area (Å²) in [6.07, 6.45) is 90.8. The Labute approximate surface area is 642 Å². The second-order valence-corrected chi connectivity index (χ2v) is 29.5. The lowest BCUT2D eigenvalue weighted by Gasteiger charge is -2.21. The molecule has 0 aromatic carbocycles. The van der Waals surface area contributed by atoms with Crippen LogP contribution in [0.5, 0.6) is 0 Å². The molecule has 0 radical (unpaired) electrons. The lowest BCUT2D eigenvalue weighted by Crippen LogP contribution is -2.30. The summed E-state index contributed by atoms with van der Waals surface area (Å²) in [6, 6.07) is 0. The molecule has 604 valence electrons. The number of carbonyl (C=O) groups excluding carboxylic acids is 4. The van der Waals surface area contributed by atoms with Crippen molar-refractivity contribution in [3.8, 4) is 0 Å². The second kappa shape index (κ2) is 77.8. The lowest BCUT2D eigenvalue weighted by molar-refractivity contribution is -0.161. The molecule has 0 rings (SSSR count). The zero-order chi connectivity index (χ0) is 77.4. The van der Waals surface area contributed by atoms with E-state index in [2.05, 4.69) is 174 Å². The largest absolute Gasteiger partial charge is 0.472 e. The number of hydrogen-bond donors (Lipinski definition) is 3. The third kappa shape index (κ3) is 76.9. The molecule has 0 aromatic rings. The summed E-state index contributed by atoms with van der Waals surface area (Å²) in [5, 5.41) is 10.7. The summed E-state index contributed by atoms with van der Waals surface area (Å²) < 4.78 is 68.6. The zero-order valence-corrected chi connectivity index (χ0v) is 67.8. The Balaban J connectivity index is 5.44. The number of carbonyl (C=O) groups is 4. The Hall–Kier alpha value is -5.32. The Kier molecular flexibility index (Phi) is 73.9. The minimum Gasteiger partial charge on any atom is -0.462 e. The maximum absolute atomic E-state index is 13.1. The van der Waals surface area contributed by atoms with Gasteiger partial charge >= 0.3 is 39.5 Å². The van der Waals surface area contributed by atoms with E-state index in [1.54, 1.807) is 0 Å². The van der Waals surface area contributed by atoms with E-state index >= 15 is 0 Å². The van der Waals surface area contributed by atoms with Crippen molar-refractivity contribution >= 4 is 39.5 Å². The van der Waals surface area contributed by atoms with Crippen molar-refractivity contribution in [3.05, 3.63) is 158 Å². The summed E-state index contributed by atoms with van der Waals surface area (Å²) in [5.41, 5.74) is 0. The van der Waals surface area contributed by atoms with Gasteiger partial charge in [-0.2, -0.15) is 0 Å². The van der Waals surface area contributed by atoms with Gasteiger partial charge in [0.25, 0.3) is 0 Å². The Bertz CT molecular complexity index is 2630. The normalized spacial score (nSPS) is 14.7. The number of aliphatic hydroxyl groups excluding tert-OH is 1. The third-order valence-electron chi connectivity index (χ3n) is 16.5. The lowest BCUT2D eigenvalue weighted by atomic mass is 10.1. The topological polar surface area (TPSA) is 237 Å². The van der Waals surface area contributed by atoms with E-state index in [1.807, 2.05) is 12.2 Å². The highest BCUT2D eigenvalue weighted by molar-refractivity contribution is 7.47. The molecule has 0 heterocycles. The average molecular weight is 1520 g/mol. The van der Waals surface area contributed by atoms with Crippen molar-refractivity contribution in [1.82, 2.24) is 0 Å². The first kappa shape index (κ1) is 101. The van der Waals surface area contributed by atoms with Crippen LogP contribution in [0, 0.1) is 0 Å². The quantitative estimate of drug-likeness (QED) is 0.0169. The molecule has 0 aliphatic heterocycles. The van der Waals surface area contributed by atoms with Crippen molar-refractivity contribution in [3.63, 3.8) is 0 Å². The van der Waals surface area contributed by atoms with Gasteiger partial charge in [-0.25, -0.2) is 9.13 Å². The standard InChI is InChI=1S/C87H144O17P2/c1-5-9-13-17-21-25-29-33-36-39-40-43-45-49-52-56-60-64-68-72-85(90)98-78-83(104-87(92)74-70-66-62-58-54-50-46-42-38-35-31-27-23-19-15-11-7-3)80-102-106(95,96)100-76-81(88)75-99-105(93,94)101-79-82(103-86(91)73-69-65-61-57-53-47-32-28-24-20-16-12-8-4)77-97-84(89)71-67-63-59-55-51-48-44-41-37-34-30-26-22-18-14-10-6-2/h9-11,13-15,21-23,25-28,32-38,40,43,46,50,58,62,81-83,88H,5-8,12,16-20,24,29-31,39,41-42,44-45,47-49,51-57,59-61,63-80H2,1-4H3,(H,93,94)(H,95,96)/b13-9-,14-10-,15-11-,25-21-,26-22-,27-23-,32-28-,36-33-,37-34-,38-35-,43-40-,50-46-,62-58-. The molecular weight excluding hydrogens is 1380 g/mol. The molecule has 0 aliphatic rings. The van der Waals surface area contributed by atoms with Gasteiger partial charge in [0.2, 0.25) is 0 Å². The van der Waals surface area contributed by atoms with E-state index in [4.69, 9.17) is 37.0 Å². The number of esters is 4. The fraction of sp³-hybridized carbons (Fsp3) is 0.655. The highest BCUT2D eigenvalue weighted by Gasteiger charge is 2.30. The molecule has 0 bridgehead atoms. The van der Waals surface area contributed by atoms with Gasteiger partial charge in [0.15, 0.2) is 12.2 Å². The monoisotopic (exact) mass is 1520 g/mol. The summed E-state index contributed by atoms with van der Waals surface area (Å²) in [4.78, 5) is 73.1. The van der Waals surface area contributed by atoms with Crippen LogP contribution in [-0.4, -0.2) is 96.7 Å². The molecule has 0 spiro atoms. The van der Waals surface area contributed by atoms with Crippen LogP contribution < -0.4 is 0 Å². The van der Waals surface area contributed by atoms with Gasteiger partial charge in [-0.1, -0.05) is 282 Å². The van der Waals surface area contributed by atoms with Crippen LogP contribution in [-0.2, 0) is 65.4 Å². The minimum atomic E-state index is -5.00. The number of phosphoric acid groups is 2. The Morgan fingerprint density at radius 3 is 0.802 bits per heavy atom. The predicted molar refractivity (Wildman–Crippen MR) is 436 cm³/mol. The van der Waals surface area contributed by atoms with E-state index in [0.717, 1.165) is 199 Å². The summed E-state index contributed by atoms with van der Waals surface area (Å²) in [6.45, 7) is 4.43. The fourth-order valence-corrected chi connectivity index (χ4v) is 12.0. The smallest absolute Gasteiger partial charge is 0.462 e. The van der Waals surface area contributed by atoms with Crippen molar-refractivity contribution in [2.45, 2.75) is 329 Å². The summed E-state index contributed by atoms with van der Waals surface area (Å²) >= 11 is 0. The molecule has 5 unspecified atom stereocenters. The van der Waals surface area contributed by atoms with Crippen LogP contribution >= 0.6 is 15.6 Å². The van der Waals surface area contributed by atoms with Gasteiger partial charge < -0.3 is 33.8 Å². The van der Waals surface area contributed by atoms with Gasteiger partial charge in [0.05, 0.1) is 26.4 Å². The first-order valence-electron chi connectivity index (χ1n) is 40.7. The maximum atomic E-state index is 13.1. The number of unbranched alkanes of at least 4 members (excludes halogenated alkanes) is 23. The number of allylic oxidation sites excluding steroid dienone is 26. The van der Waals surface area contributed by atoms with E-state index in [0.29, 0.717) is 32.1 Å². The zero-order valence-electron chi connectivity index (χ0n) is 66.1. The highest BCUT2D eigenvalue weighted by Crippen LogP contribution is 2.45.